The molecule has 0 aliphatic heterocycles. The molecule has 7 nitrogen and oxygen atoms in total. The molecule has 0 saturated carbocycles. The average molecular weight is 331 g/mol. The number of aromatic nitrogens is 2. The Morgan fingerprint density at radius 2 is 1.75 bits per heavy atom. The molecule has 0 bridgehead atoms. The summed E-state index contributed by atoms with van der Waals surface area (Å²) in [5.74, 6) is -0.605. The minimum atomic E-state index is -0.697. The average Bonchev–Trinajstić information content (AvgIpc) is 2.47. The Hall–Kier alpha value is -2.83. The highest BCUT2D eigenvalue weighted by molar-refractivity contribution is 5.69. The minimum absolute atomic E-state index is 0.0503. The molecular weight excluding hydrogens is 310 g/mol. The van der Waals surface area contributed by atoms with Crippen molar-refractivity contribution in [3.63, 3.8) is 0 Å². The summed E-state index contributed by atoms with van der Waals surface area (Å²) in [4.78, 5) is 36.5. The van der Waals surface area contributed by atoms with Gasteiger partial charge in [-0.25, -0.2) is 9.36 Å². The number of carbonyl (C=O) groups is 1. The summed E-state index contributed by atoms with van der Waals surface area (Å²) in [6, 6.07) is 10.4. The summed E-state index contributed by atoms with van der Waals surface area (Å²) < 4.78 is 7.24. The zero-order chi connectivity index (χ0) is 17.9. The molecule has 2 rings (SSSR count). The van der Waals surface area contributed by atoms with Crippen LogP contribution in [0, 0.1) is 0 Å². The number of ether oxygens (including phenoxy) is 1. The summed E-state index contributed by atoms with van der Waals surface area (Å²) >= 11 is 0. The molecule has 24 heavy (non-hydrogen) atoms. The second-order valence-electron chi connectivity index (χ2n) is 6.43. The van der Waals surface area contributed by atoms with Crippen LogP contribution in [0.15, 0.2) is 46.0 Å². The van der Waals surface area contributed by atoms with E-state index in [-0.39, 0.29) is 12.4 Å². The second-order valence-corrected chi connectivity index (χ2v) is 6.43. The van der Waals surface area contributed by atoms with Crippen LogP contribution in [-0.2, 0) is 22.6 Å². The maximum Gasteiger partial charge on any atom is 0.333 e. The fourth-order valence-electron chi connectivity index (χ4n) is 2.21. The van der Waals surface area contributed by atoms with Crippen LogP contribution in [0.4, 0.5) is 5.82 Å². The van der Waals surface area contributed by atoms with Crippen molar-refractivity contribution < 1.29 is 9.53 Å². The molecule has 1 aromatic carbocycles. The van der Waals surface area contributed by atoms with E-state index in [1.54, 1.807) is 20.8 Å². The molecule has 0 spiro atoms. The molecule has 0 saturated heterocycles. The molecular formula is C17H21N3O4. The van der Waals surface area contributed by atoms with Gasteiger partial charge in [0.2, 0.25) is 0 Å². The van der Waals surface area contributed by atoms with Gasteiger partial charge in [-0.15, -0.1) is 0 Å². The Morgan fingerprint density at radius 1 is 1.12 bits per heavy atom. The van der Waals surface area contributed by atoms with Gasteiger partial charge in [0, 0.05) is 6.07 Å². The van der Waals surface area contributed by atoms with E-state index >= 15 is 0 Å². The molecule has 128 valence electrons. The summed E-state index contributed by atoms with van der Waals surface area (Å²) in [6.07, 6.45) is 0. The third kappa shape index (κ3) is 4.34. The lowest BCUT2D eigenvalue weighted by molar-refractivity contribution is -0.155. The summed E-state index contributed by atoms with van der Waals surface area (Å²) in [5, 5.41) is 0. The van der Waals surface area contributed by atoms with Gasteiger partial charge >= 0.3 is 11.7 Å². The molecule has 2 N–H and O–H groups in total. The second kappa shape index (κ2) is 6.74. The third-order valence-electron chi connectivity index (χ3n) is 3.20. The van der Waals surface area contributed by atoms with Crippen molar-refractivity contribution in [2.45, 2.75) is 39.5 Å². The lowest BCUT2D eigenvalue weighted by Crippen LogP contribution is -2.43. The van der Waals surface area contributed by atoms with E-state index in [0.29, 0.717) is 0 Å². The van der Waals surface area contributed by atoms with Gasteiger partial charge in [0.05, 0.1) is 6.54 Å². The highest BCUT2D eigenvalue weighted by Gasteiger charge is 2.19. The third-order valence-corrected chi connectivity index (χ3v) is 3.20. The first-order valence-corrected chi connectivity index (χ1v) is 7.53. The minimum Gasteiger partial charge on any atom is -0.459 e. The number of nitrogen functional groups attached to an aromatic ring is 1. The van der Waals surface area contributed by atoms with E-state index in [1.807, 2.05) is 30.3 Å². The van der Waals surface area contributed by atoms with Crippen LogP contribution in [0.1, 0.15) is 26.3 Å². The van der Waals surface area contributed by atoms with Gasteiger partial charge in [-0.05, 0) is 26.3 Å². The van der Waals surface area contributed by atoms with E-state index in [1.165, 1.54) is 4.57 Å². The van der Waals surface area contributed by atoms with Crippen molar-refractivity contribution in [1.82, 2.24) is 9.13 Å². The lowest BCUT2D eigenvalue weighted by Gasteiger charge is -2.20. The predicted molar refractivity (Wildman–Crippen MR) is 90.8 cm³/mol. The number of hydrogen-bond donors (Lipinski definition) is 1. The van der Waals surface area contributed by atoms with E-state index in [4.69, 9.17) is 10.5 Å². The van der Waals surface area contributed by atoms with Gasteiger partial charge in [0.1, 0.15) is 18.0 Å². The molecule has 1 heterocycles. The molecule has 0 aliphatic rings. The van der Waals surface area contributed by atoms with Crippen LogP contribution < -0.4 is 17.0 Å². The van der Waals surface area contributed by atoms with Gasteiger partial charge in [-0.3, -0.25) is 14.2 Å². The molecule has 7 heteroatoms. The molecule has 0 fully saturated rings. The quantitative estimate of drug-likeness (QED) is 0.843. The standard InChI is InChI=1S/C17H21N3O4/c1-17(2,3)24-15(22)11-20-14(21)9-13(18)19(16(20)23)10-12-7-5-4-6-8-12/h4-9H,10-11,18H2,1-3H3. The van der Waals surface area contributed by atoms with Gasteiger partial charge in [0.15, 0.2) is 0 Å². The Kier molecular flexibility index (Phi) is 4.92. The van der Waals surface area contributed by atoms with E-state index in [9.17, 15) is 14.4 Å². The first-order valence-electron chi connectivity index (χ1n) is 7.53. The van der Waals surface area contributed by atoms with E-state index < -0.39 is 29.4 Å². The Balaban J connectivity index is 2.36. The molecule has 2 aromatic rings. The van der Waals surface area contributed by atoms with E-state index in [0.717, 1.165) is 16.2 Å². The maximum absolute atomic E-state index is 12.6. The summed E-state index contributed by atoms with van der Waals surface area (Å²) in [6.45, 7) is 4.89. The first-order chi connectivity index (χ1) is 11.2. The number of benzene rings is 1. The van der Waals surface area contributed by atoms with Crippen LogP contribution >= 0.6 is 0 Å². The number of carbonyl (C=O) groups excluding carboxylic acids is 1. The fourth-order valence-corrected chi connectivity index (χ4v) is 2.21. The Bertz CT molecular complexity index is 845. The number of anilines is 1. The number of esters is 1. The van der Waals surface area contributed by atoms with Crippen molar-refractivity contribution >= 4 is 11.8 Å². The highest BCUT2D eigenvalue weighted by atomic mass is 16.6. The van der Waals surface area contributed by atoms with Crippen LogP contribution in [0.3, 0.4) is 0 Å². The summed E-state index contributed by atoms with van der Waals surface area (Å²) in [5.41, 5.74) is 4.69. The van der Waals surface area contributed by atoms with Gasteiger partial charge in [-0.1, -0.05) is 30.3 Å². The monoisotopic (exact) mass is 331 g/mol. The summed E-state index contributed by atoms with van der Waals surface area (Å²) in [7, 11) is 0. The highest BCUT2D eigenvalue weighted by Crippen LogP contribution is 2.07. The van der Waals surface area contributed by atoms with Crippen molar-refractivity contribution in [2.24, 2.45) is 0 Å². The predicted octanol–water partition coefficient (Wildman–Crippen LogP) is 0.982. The van der Waals surface area contributed by atoms with Gasteiger partial charge in [0.25, 0.3) is 5.56 Å². The molecule has 0 aliphatic carbocycles. The smallest absolute Gasteiger partial charge is 0.333 e. The Morgan fingerprint density at radius 3 is 2.33 bits per heavy atom. The number of nitrogens with two attached hydrogens (primary N) is 1. The number of rotatable bonds is 4. The number of nitrogens with zero attached hydrogens (tertiary/aromatic N) is 2. The van der Waals surface area contributed by atoms with Crippen molar-refractivity contribution in [2.75, 3.05) is 5.73 Å². The lowest BCUT2D eigenvalue weighted by atomic mass is 10.2. The molecule has 0 amide bonds. The fraction of sp³-hybridized carbons (Fsp3) is 0.353. The SMILES string of the molecule is CC(C)(C)OC(=O)Cn1c(=O)cc(N)n(Cc2ccccc2)c1=O. The van der Waals surface area contributed by atoms with Crippen LogP contribution in [0.5, 0.6) is 0 Å². The van der Waals surface area contributed by atoms with Gasteiger partial charge in [-0.2, -0.15) is 0 Å². The zero-order valence-electron chi connectivity index (χ0n) is 14.0. The van der Waals surface area contributed by atoms with Crippen LogP contribution in [0.2, 0.25) is 0 Å². The Labute approximate surface area is 139 Å². The topological polar surface area (TPSA) is 96.3 Å². The molecule has 1 aromatic heterocycles. The zero-order valence-corrected chi connectivity index (χ0v) is 14.0. The van der Waals surface area contributed by atoms with Crippen molar-refractivity contribution in [3.8, 4) is 0 Å². The van der Waals surface area contributed by atoms with E-state index in [2.05, 4.69) is 0 Å². The van der Waals surface area contributed by atoms with Gasteiger partial charge < -0.3 is 10.5 Å². The molecule has 0 atom stereocenters. The van der Waals surface area contributed by atoms with Crippen molar-refractivity contribution in [3.05, 3.63) is 62.8 Å². The van der Waals surface area contributed by atoms with Crippen LogP contribution in [-0.4, -0.2) is 20.7 Å². The number of hydrogen-bond acceptors (Lipinski definition) is 5. The largest absolute Gasteiger partial charge is 0.459 e. The first kappa shape index (κ1) is 17.5. The normalized spacial score (nSPS) is 11.3. The molecule has 0 radical (unpaired) electrons. The van der Waals surface area contributed by atoms with Crippen molar-refractivity contribution in [1.29, 1.82) is 0 Å². The molecule has 0 unspecified atom stereocenters. The maximum atomic E-state index is 12.6. The van der Waals surface area contributed by atoms with Crippen LogP contribution in [0.25, 0.3) is 0 Å².